The topological polar surface area (TPSA) is 46.6 Å². The Labute approximate surface area is 149 Å². The van der Waals surface area contributed by atoms with E-state index in [0.717, 1.165) is 31.4 Å². The summed E-state index contributed by atoms with van der Waals surface area (Å²) in [6, 6.07) is 9.82. The highest BCUT2D eigenvalue weighted by atomic mass is 16.5. The van der Waals surface area contributed by atoms with Crippen LogP contribution in [0.1, 0.15) is 45.6 Å². The second-order valence-electron chi connectivity index (χ2n) is 8.59. The van der Waals surface area contributed by atoms with Crippen LogP contribution in [-0.2, 0) is 14.3 Å². The van der Waals surface area contributed by atoms with Gasteiger partial charge in [-0.05, 0) is 41.7 Å². The average Bonchev–Trinajstić information content (AvgIpc) is 2.80. The van der Waals surface area contributed by atoms with Crippen molar-refractivity contribution in [1.82, 2.24) is 4.90 Å². The molecule has 0 unspecified atom stereocenters. The van der Waals surface area contributed by atoms with Crippen LogP contribution in [0.3, 0.4) is 0 Å². The summed E-state index contributed by atoms with van der Waals surface area (Å²) in [7, 11) is 0. The number of nitrogens with zero attached hydrogens (tertiary/aromatic N) is 1. The molecule has 1 aliphatic heterocycles. The molecule has 0 N–H and O–H groups in total. The smallest absolute Gasteiger partial charge is 0.331 e. The number of rotatable bonds is 4. The number of benzene rings is 1. The number of hydrogen-bond donors (Lipinski definition) is 0. The molecule has 0 aromatic heterocycles. The number of carbonyl (C=O) groups excluding carboxylic acids is 2. The fourth-order valence-electron chi connectivity index (χ4n) is 4.74. The molecule has 2 bridgehead atoms. The summed E-state index contributed by atoms with van der Waals surface area (Å²) in [5, 5.41) is 0. The lowest BCUT2D eigenvalue weighted by Crippen LogP contribution is -2.39. The molecule has 1 amide bonds. The summed E-state index contributed by atoms with van der Waals surface area (Å²) in [5.41, 5.74) is 1.38. The van der Waals surface area contributed by atoms with E-state index in [1.165, 1.54) is 6.08 Å². The van der Waals surface area contributed by atoms with Gasteiger partial charge in [0.1, 0.15) is 0 Å². The molecule has 1 heterocycles. The van der Waals surface area contributed by atoms with E-state index in [4.69, 9.17) is 4.74 Å². The van der Waals surface area contributed by atoms with Gasteiger partial charge >= 0.3 is 5.97 Å². The molecule has 4 nitrogen and oxygen atoms in total. The Balaban J connectivity index is 1.53. The first-order valence-electron chi connectivity index (χ1n) is 8.96. The Morgan fingerprint density at radius 2 is 1.92 bits per heavy atom. The van der Waals surface area contributed by atoms with Crippen LogP contribution in [0.4, 0.5) is 0 Å². The summed E-state index contributed by atoms with van der Waals surface area (Å²) < 4.78 is 5.15. The third-order valence-electron chi connectivity index (χ3n) is 5.28. The van der Waals surface area contributed by atoms with Crippen molar-refractivity contribution in [2.45, 2.75) is 46.1 Å². The first-order valence-corrected chi connectivity index (χ1v) is 8.96. The summed E-state index contributed by atoms with van der Waals surface area (Å²) in [6.07, 6.45) is 6.29. The van der Waals surface area contributed by atoms with Crippen molar-refractivity contribution in [1.29, 1.82) is 0 Å². The molecule has 1 aromatic carbocycles. The van der Waals surface area contributed by atoms with Gasteiger partial charge < -0.3 is 9.64 Å². The van der Waals surface area contributed by atoms with Crippen LogP contribution in [0.5, 0.6) is 0 Å². The minimum atomic E-state index is -0.481. The fraction of sp³-hybridized carbons (Fsp3) is 0.524. The van der Waals surface area contributed by atoms with Crippen molar-refractivity contribution in [3.8, 4) is 0 Å². The van der Waals surface area contributed by atoms with Crippen LogP contribution in [0.25, 0.3) is 6.08 Å². The number of amides is 1. The quantitative estimate of drug-likeness (QED) is 0.620. The summed E-state index contributed by atoms with van der Waals surface area (Å²) >= 11 is 0. The molecule has 0 radical (unpaired) electrons. The van der Waals surface area contributed by atoms with Crippen molar-refractivity contribution in [2.24, 2.45) is 10.8 Å². The summed E-state index contributed by atoms with van der Waals surface area (Å²) in [5.74, 6) is -0.557. The normalized spacial score (nSPS) is 27.5. The number of carbonyl (C=O) groups is 2. The van der Waals surface area contributed by atoms with Crippen molar-refractivity contribution >= 4 is 18.0 Å². The van der Waals surface area contributed by atoms with Crippen molar-refractivity contribution in [3.63, 3.8) is 0 Å². The second kappa shape index (κ2) is 6.66. The lowest BCUT2D eigenvalue weighted by atomic mass is 9.65. The van der Waals surface area contributed by atoms with Gasteiger partial charge in [0, 0.05) is 18.7 Å². The maximum Gasteiger partial charge on any atom is 0.331 e. The second-order valence-corrected chi connectivity index (χ2v) is 8.59. The fourth-order valence-corrected chi connectivity index (χ4v) is 4.74. The largest absolute Gasteiger partial charge is 0.452 e. The van der Waals surface area contributed by atoms with E-state index < -0.39 is 5.97 Å². The highest BCUT2D eigenvalue weighted by molar-refractivity contribution is 5.89. The molecular weight excluding hydrogens is 314 g/mol. The highest BCUT2D eigenvalue weighted by Gasteiger charge is 2.50. The molecule has 4 heteroatoms. The van der Waals surface area contributed by atoms with E-state index >= 15 is 0 Å². The van der Waals surface area contributed by atoms with Gasteiger partial charge in [-0.25, -0.2) is 4.79 Å². The number of esters is 1. The minimum Gasteiger partial charge on any atom is -0.452 e. The third kappa shape index (κ3) is 4.30. The minimum absolute atomic E-state index is 0.0760. The van der Waals surface area contributed by atoms with Crippen LogP contribution in [0.15, 0.2) is 36.4 Å². The maximum atomic E-state index is 12.5. The first-order chi connectivity index (χ1) is 11.8. The molecule has 0 spiro atoms. The molecule has 2 aliphatic rings. The van der Waals surface area contributed by atoms with Gasteiger partial charge in [0.25, 0.3) is 5.91 Å². The van der Waals surface area contributed by atoms with E-state index in [1.807, 2.05) is 35.2 Å². The lowest BCUT2D eigenvalue weighted by Gasteiger charge is -2.39. The number of fused-ring (bicyclic) bond motifs is 2. The van der Waals surface area contributed by atoms with Crippen LogP contribution in [0.2, 0.25) is 0 Å². The summed E-state index contributed by atoms with van der Waals surface area (Å²) in [4.78, 5) is 26.3. The third-order valence-corrected chi connectivity index (χ3v) is 5.28. The van der Waals surface area contributed by atoms with Gasteiger partial charge in [0.2, 0.25) is 0 Å². The predicted octanol–water partition coefficient (Wildman–Crippen LogP) is 3.67. The molecule has 2 atom stereocenters. The van der Waals surface area contributed by atoms with E-state index in [-0.39, 0.29) is 29.4 Å². The zero-order valence-electron chi connectivity index (χ0n) is 15.3. The van der Waals surface area contributed by atoms with Crippen molar-refractivity contribution < 1.29 is 14.3 Å². The summed E-state index contributed by atoms with van der Waals surface area (Å²) in [6.45, 7) is 7.42. The monoisotopic (exact) mass is 341 g/mol. The predicted molar refractivity (Wildman–Crippen MR) is 97.7 cm³/mol. The Hall–Kier alpha value is -2.10. The van der Waals surface area contributed by atoms with Gasteiger partial charge in [-0.3, -0.25) is 4.79 Å². The van der Waals surface area contributed by atoms with Crippen LogP contribution in [-0.4, -0.2) is 36.0 Å². The SMILES string of the molecule is CC1(C)C[C@@H]2C[C@@](C)(CN2C(=O)COC(=O)/C=C/c2ccccc2)C1. The molecular formula is C21H27NO3. The molecule has 3 rings (SSSR count). The lowest BCUT2D eigenvalue weighted by molar-refractivity contribution is -0.148. The number of ether oxygens (including phenoxy) is 1. The number of likely N-dealkylation sites (tertiary alicyclic amines) is 1. The van der Waals surface area contributed by atoms with E-state index in [9.17, 15) is 9.59 Å². The molecule has 2 fully saturated rings. The Morgan fingerprint density at radius 3 is 2.64 bits per heavy atom. The highest BCUT2D eigenvalue weighted by Crippen LogP contribution is 2.52. The molecule has 25 heavy (non-hydrogen) atoms. The van der Waals surface area contributed by atoms with E-state index in [2.05, 4.69) is 20.8 Å². The number of hydrogen-bond acceptors (Lipinski definition) is 3. The molecule has 1 saturated heterocycles. The average molecular weight is 341 g/mol. The molecule has 1 saturated carbocycles. The van der Waals surface area contributed by atoms with Crippen molar-refractivity contribution in [3.05, 3.63) is 42.0 Å². The Kier molecular flexibility index (Phi) is 4.72. The maximum absolute atomic E-state index is 12.5. The molecule has 1 aromatic rings. The van der Waals surface area contributed by atoms with Crippen LogP contribution in [0, 0.1) is 10.8 Å². The zero-order chi connectivity index (χ0) is 18.1. The van der Waals surface area contributed by atoms with E-state index in [1.54, 1.807) is 6.08 Å². The standard InChI is InChI=1S/C21H27NO3/c1-20(2)11-17-12-21(3,14-20)15-22(17)18(23)13-25-19(24)10-9-16-7-5-4-6-8-16/h4-10,17H,11-15H2,1-3H3/b10-9+/t17-,21-/m1/s1. The van der Waals surface area contributed by atoms with Gasteiger partial charge in [-0.2, -0.15) is 0 Å². The van der Waals surface area contributed by atoms with Crippen molar-refractivity contribution in [2.75, 3.05) is 13.2 Å². The zero-order valence-corrected chi connectivity index (χ0v) is 15.3. The Morgan fingerprint density at radius 1 is 1.20 bits per heavy atom. The van der Waals surface area contributed by atoms with E-state index in [0.29, 0.717) is 0 Å². The Bertz CT molecular complexity index is 680. The van der Waals surface area contributed by atoms with Gasteiger partial charge in [-0.1, -0.05) is 51.1 Å². The van der Waals surface area contributed by atoms with Gasteiger partial charge in [0.15, 0.2) is 6.61 Å². The molecule has 134 valence electrons. The first kappa shape index (κ1) is 17.7. The van der Waals surface area contributed by atoms with Crippen LogP contribution < -0.4 is 0 Å². The van der Waals surface area contributed by atoms with Crippen LogP contribution >= 0.6 is 0 Å². The molecule has 1 aliphatic carbocycles. The van der Waals surface area contributed by atoms with Gasteiger partial charge in [0.05, 0.1) is 0 Å². The van der Waals surface area contributed by atoms with Gasteiger partial charge in [-0.15, -0.1) is 0 Å².